The largest absolute Gasteiger partial charge is 0.466 e. The Morgan fingerprint density at radius 2 is 2.32 bits per heavy atom. The first-order valence-electron chi connectivity index (χ1n) is 5.45. The lowest BCUT2D eigenvalue weighted by Crippen LogP contribution is -2.12. The SMILES string of the molecule is CCOC(=O)Cc1ncc(C(F)F)c(C#N)c1CCl. The Labute approximate surface area is 114 Å². The summed E-state index contributed by atoms with van der Waals surface area (Å²) < 4.78 is 30.2. The molecule has 0 aliphatic heterocycles. The fourth-order valence-electron chi connectivity index (χ4n) is 1.55. The van der Waals surface area contributed by atoms with E-state index in [1.807, 2.05) is 0 Å². The smallest absolute Gasteiger partial charge is 0.311 e. The number of rotatable bonds is 5. The molecule has 1 aromatic heterocycles. The maximum absolute atomic E-state index is 12.7. The molecular weight excluding hydrogens is 278 g/mol. The molecule has 0 saturated carbocycles. The van der Waals surface area contributed by atoms with Crippen molar-refractivity contribution in [2.45, 2.75) is 25.7 Å². The summed E-state index contributed by atoms with van der Waals surface area (Å²) in [6, 6.07) is 1.69. The maximum atomic E-state index is 12.7. The van der Waals surface area contributed by atoms with Crippen molar-refractivity contribution in [1.29, 1.82) is 5.26 Å². The van der Waals surface area contributed by atoms with Crippen LogP contribution in [0, 0.1) is 11.3 Å². The highest BCUT2D eigenvalue weighted by Gasteiger charge is 2.21. The second-order valence-electron chi connectivity index (χ2n) is 3.54. The molecule has 0 radical (unpaired) electrons. The van der Waals surface area contributed by atoms with E-state index >= 15 is 0 Å². The number of hydrogen-bond acceptors (Lipinski definition) is 4. The molecule has 0 aliphatic carbocycles. The highest BCUT2D eigenvalue weighted by molar-refractivity contribution is 6.17. The highest BCUT2D eigenvalue weighted by atomic mass is 35.5. The molecule has 1 heterocycles. The molecule has 7 heteroatoms. The Balaban J connectivity index is 3.21. The van der Waals surface area contributed by atoms with Crippen molar-refractivity contribution in [3.05, 3.63) is 28.6 Å². The van der Waals surface area contributed by atoms with Crippen LogP contribution in [0.15, 0.2) is 6.20 Å². The number of hydrogen-bond donors (Lipinski definition) is 0. The standard InChI is InChI=1S/C12H11ClF2N2O2/c1-2-19-11(18)3-10-7(4-13)8(5-16)9(6-17-10)12(14)15/h6,12H,2-4H2,1H3. The Bertz CT molecular complexity index is 515. The van der Waals surface area contributed by atoms with E-state index in [1.165, 1.54) is 0 Å². The number of nitriles is 1. The van der Waals surface area contributed by atoms with Gasteiger partial charge in [0.25, 0.3) is 6.43 Å². The lowest BCUT2D eigenvalue weighted by molar-refractivity contribution is -0.142. The number of aromatic nitrogens is 1. The molecule has 0 amide bonds. The average Bonchev–Trinajstić information content (AvgIpc) is 2.37. The molecule has 0 spiro atoms. The Kier molecular flexibility index (Phi) is 5.64. The molecule has 0 aliphatic rings. The number of alkyl halides is 3. The summed E-state index contributed by atoms with van der Waals surface area (Å²) in [6.45, 7) is 1.85. The molecule has 1 aromatic rings. The highest BCUT2D eigenvalue weighted by Crippen LogP contribution is 2.27. The van der Waals surface area contributed by atoms with Gasteiger partial charge >= 0.3 is 5.97 Å². The van der Waals surface area contributed by atoms with Gasteiger partial charge in [0.1, 0.15) is 6.07 Å². The van der Waals surface area contributed by atoms with E-state index in [1.54, 1.807) is 13.0 Å². The number of esters is 1. The fraction of sp³-hybridized carbons (Fsp3) is 0.417. The maximum Gasteiger partial charge on any atom is 0.311 e. The number of pyridine rings is 1. The zero-order valence-corrected chi connectivity index (χ0v) is 10.9. The summed E-state index contributed by atoms with van der Waals surface area (Å²) in [4.78, 5) is 15.1. The summed E-state index contributed by atoms with van der Waals surface area (Å²) in [5, 5.41) is 8.96. The number of nitrogens with zero attached hydrogens (tertiary/aromatic N) is 2. The molecule has 4 nitrogen and oxygen atoms in total. The Hall–Kier alpha value is -1.74. The predicted molar refractivity (Wildman–Crippen MR) is 63.8 cm³/mol. The van der Waals surface area contributed by atoms with Crippen molar-refractivity contribution >= 4 is 17.6 Å². The van der Waals surface area contributed by atoms with Gasteiger partial charge in [0.15, 0.2) is 0 Å². The zero-order valence-electron chi connectivity index (χ0n) is 10.1. The second kappa shape index (κ2) is 7.00. The quantitative estimate of drug-likeness (QED) is 0.617. The third-order valence-electron chi connectivity index (χ3n) is 2.40. The third kappa shape index (κ3) is 3.61. The molecule has 0 fully saturated rings. The summed E-state index contributed by atoms with van der Waals surface area (Å²) in [7, 11) is 0. The van der Waals surface area contributed by atoms with Gasteiger partial charge in [-0.05, 0) is 6.92 Å². The first-order valence-corrected chi connectivity index (χ1v) is 5.99. The van der Waals surface area contributed by atoms with Crippen LogP contribution in [0.1, 0.15) is 35.7 Å². The van der Waals surface area contributed by atoms with Gasteiger partial charge in [-0.1, -0.05) is 0 Å². The monoisotopic (exact) mass is 288 g/mol. The van der Waals surface area contributed by atoms with Crippen molar-refractivity contribution in [1.82, 2.24) is 4.98 Å². The van der Waals surface area contributed by atoms with E-state index in [0.717, 1.165) is 6.20 Å². The van der Waals surface area contributed by atoms with Crippen LogP contribution in [0.4, 0.5) is 8.78 Å². The molecule has 0 bridgehead atoms. The molecule has 0 unspecified atom stereocenters. The molecule has 19 heavy (non-hydrogen) atoms. The van der Waals surface area contributed by atoms with Crippen LogP contribution in [-0.2, 0) is 21.8 Å². The van der Waals surface area contributed by atoms with Crippen LogP contribution in [0.2, 0.25) is 0 Å². The van der Waals surface area contributed by atoms with Gasteiger partial charge in [0.2, 0.25) is 0 Å². The van der Waals surface area contributed by atoms with E-state index < -0.39 is 18.0 Å². The topological polar surface area (TPSA) is 63.0 Å². The summed E-state index contributed by atoms with van der Waals surface area (Å²) in [5.41, 5.74) is -0.366. The van der Waals surface area contributed by atoms with Gasteiger partial charge in [-0.15, -0.1) is 11.6 Å². The van der Waals surface area contributed by atoms with E-state index in [2.05, 4.69) is 4.98 Å². The normalized spacial score (nSPS) is 10.3. The molecule has 0 N–H and O–H groups in total. The molecule has 1 rings (SSSR count). The molecule has 0 atom stereocenters. The van der Waals surface area contributed by atoms with Crippen LogP contribution < -0.4 is 0 Å². The Morgan fingerprint density at radius 3 is 2.79 bits per heavy atom. The van der Waals surface area contributed by atoms with Crippen molar-refractivity contribution in [2.24, 2.45) is 0 Å². The van der Waals surface area contributed by atoms with Crippen molar-refractivity contribution in [3.63, 3.8) is 0 Å². The lowest BCUT2D eigenvalue weighted by atomic mass is 10.0. The van der Waals surface area contributed by atoms with E-state index in [9.17, 15) is 13.6 Å². The number of carbonyl (C=O) groups is 1. The fourth-order valence-corrected chi connectivity index (χ4v) is 1.84. The first kappa shape index (κ1) is 15.3. The summed E-state index contributed by atoms with van der Waals surface area (Å²) in [5.74, 6) is -0.722. The third-order valence-corrected chi connectivity index (χ3v) is 2.66. The van der Waals surface area contributed by atoms with Gasteiger partial charge in [0, 0.05) is 11.8 Å². The molecule has 0 aromatic carbocycles. The minimum Gasteiger partial charge on any atom is -0.466 e. The number of halogens is 3. The summed E-state index contributed by atoms with van der Waals surface area (Å²) in [6.07, 6.45) is -2.12. The van der Waals surface area contributed by atoms with E-state index in [-0.39, 0.29) is 35.7 Å². The minimum atomic E-state index is -2.82. The lowest BCUT2D eigenvalue weighted by Gasteiger charge is -2.11. The van der Waals surface area contributed by atoms with Gasteiger partial charge < -0.3 is 4.74 Å². The second-order valence-corrected chi connectivity index (χ2v) is 3.81. The average molecular weight is 289 g/mol. The van der Waals surface area contributed by atoms with Crippen LogP contribution in [0.5, 0.6) is 0 Å². The minimum absolute atomic E-state index is 0.148. The van der Waals surface area contributed by atoms with Gasteiger partial charge in [-0.25, -0.2) is 8.78 Å². The van der Waals surface area contributed by atoms with E-state index in [0.29, 0.717) is 0 Å². The molecule has 102 valence electrons. The van der Waals surface area contributed by atoms with Gasteiger partial charge in [0.05, 0.1) is 35.7 Å². The van der Waals surface area contributed by atoms with Crippen LogP contribution >= 0.6 is 11.6 Å². The van der Waals surface area contributed by atoms with Crippen molar-refractivity contribution in [2.75, 3.05) is 6.61 Å². The van der Waals surface area contributed by atoms with Crippen molar-refractivity contribution in [3.8, 4) is 6.07 Å². The molecule has 0 saturated heterocycles. The van der Waals surface area contributed by atoms with Gasteiger partial charge in [-0.2, -0.15) is 5.26 Å². The van der Waals surface area contributed by atoms with Crippen LogP contribution in [0.25, 0.3) is 0 Å². The number of ether oxygens (including phenoxy) is 1. The van der Waals surface area contributed by atoms with Crippen LogP contribution in [0.3, 0.4) is 0 Å². The predicted octanol–water partition coefficient (Wildman–Crippen LogP) is 2.74. The van der Waals surface area contributed by atoms with Gasteiger partial charge in [-0.3, -0.25) is 9.78 Å². The van der Waals surface area contributed by atoms with Crippen LogP contribution in [-0.4, -0.2) is 17.6 Å². The van der Waals surface area contributed by atoms with Crippen molar-refractivity contribution < 1.29 is 18.3 Å². The first-order chi connectivity index (χ1) is 9.04. The summed E-state index contributed by atoms with van der Waals surface area (Å²) >= 11 is 5.67. The number of carbonyl (C=O) groups excluding carboxylic acids is 1. The van der Waals surface area contributed by atoms with E-state index in [4.69, 9.17) is 21.6 Å². The Morgan fingerprint density at radius 1 is 1.63 bits per heavy atom. The molecular formula is C12H11ClF2N2O2. The zero-order chi connectivity index (χ0) is 14.4.